The van der Waals surface area contributed by atoms with Crippen LogP contribution in [0.2, 0.25) is 0 Å². The molecule has 0 saturated carbocycles. The fraction of sp³-hybridized carbons (Fsp3) is 0.909. The van der Waals surface area contributed by atoms with Crippen LogP contribution in [0, 0.1) is 0 Å². The number of carbonyl (C=O) groups is 2. The molecule has 0 radical (unpaired) electrons. The summed E-state index contributed by atoms with van der Waals surface area (Å²) in [6, 6.07) is 0. The summed E-state index contributed by atoms with van der Waals surface area (Å²) in [5, 5.41) is 9.84. The first-order chi connectivity index (χ1) is 14.1. The van der Waals surface area contributed by atoms with Crippen LogP contribution in [-0.4, -0.2) is 59.9 Å². The van der Waals surface area contributed by atoms with Crippen LogP contribution in [0.3, 0.4) is 0 Å². The van der Waals surface area contributed by atoms with E-state index in [0.29, 0.717) is 31.0 Å². The van der Waals surface area contributed by atoms with Gasteiger partial charge in [0, 0.05) is 6.42 Å². The number of aliphatic hydroxyl groups excluding tert-OH is 1. The van der Waals surface area contributed by atoms with Crippen LogP contribution >= 0.6 is 23.5 Å². The minimum Gasteiger partial charge on any atom is -0.463 e. The molecule has 0 aliphatic rings. The molecule has 0 aromatic carbocycles. The molecule has 29 heavy (non-hydrogen) atoms. The number of ether oxygens (including phenoxy) is 2. The van der Waals surface area contributed by atoms with Crippen LogP contribution in [-0.2, 0) is 19.1 Å². The predicted octanol–water partition coefficient (Wildman–Crippen LogP) is 5.23. The van der Waals surface area contributed by atoms with Gasteiger partial charge in [0.2, 0.25) is 0 Å². The van der Waals surface area contributed by atoms with Gasteiger partial charge in [0.05, 0.1) is 6.61 Å². The quantitative estimate of drug-likeness (QED) is 0.201. The summed E-state index contributed by atoms with van der Waals surface area (Å²) in [7, 11) is 0. The number of carbonyl (C=O) groups excluding carboxylic acids is 2. The minimum absolute atomic E-state index is 0.322. The van der Waals surface area contributed by atoms with Crippen LogP contribution < -0.4 is 0 Å². The second-order valence-corrected chi connectivity index (χ2v) is 9.32. The third-order valence-corrected chi connectivity index (χ3v) is 6.00. The van der Waals surface area contributed by atoms with Gasteiger partial charge in [-0.3, -0.25) is 0 Å². The van der Waals surface area contributed by atoms with Crippen LogP contribution in [0.1, 0.15) is 84.0 Å². The van der Waals surface area contributed by atoms with Crippen molar-refractivity contribution in [2.24, 2.45) is 0 Å². The Morgan fingerprint density at radius 1 is 0.793 bits per heavy atom. The standard InChI is InChI=1S/C22H42O5S2/c1-4-5-6-7-8-9-10-11-12-13-16-26-22(25)20(15-18-29-3)27-21(24)19(23)14-17-28-2/h19-20,23H,4-18H2,1-3H3. The SMILES string of the molecule is CCCCCCCCCCCCOC(=O)C(CCSC)OC(=O)C(O)CCSC. The van der Waals surface area contributed by atoms with E-state index in [1.165, 1.54) is 44.9 Å². The number of aliphatic hydroxyl groups is 1. The summed E-state index contributed by atoms with van der Waals surface area (Å²) in [5.41, 5.74) is 0. The van der Waals surface area contributed by atoms with E-state index in [-0.39, 0.29) is 0 Å². The zero-order valence-corrected chi connectivity index (χ0v) is 20.3. The Kier molecular flexibility index (Phi) is 20.6. The molecule has 0 fully saturated rings. The zero-order valence-electron chi connectivity index (χ0n) is 18.7. The number of hydrogen-bond acceptors (Lipinski definition) is 7. The maximum atomic E-state index is 12.3. The summed E-state index contributed by atoms with van der Waals surface area (Å²) in [6.07, 6.45) is 14.7. The topological polar surface area (TPSA) is 72.8 Å². The number of esters is 2. The monoisotopic (exact) mass is 450 g/mol. The van der Waals surface area contributed by atoms with Crippen molar-refractivity contribution in [3.8, 4) is 0 Å². The first-order valence-corrected chi connectivity index (χ1v) is 13.9. The molecule has 0 aliphatic carbocycles. The van der Waals surface area contributed by atoms with Crippen LogP contribution in [0.15, 0.2) is 0 Å². The average molecular weight is 451 g/mol. The molecule has 1 N–H and O–H groups in total. The second kappa shape index (κ2) is 20.9. The molecule has 0 amide bonds. The van der Waals surface area contributed by atoms with Gasteiger partial charge in [0.15, 0.2) is 12.2 Å². The maximum Gasteiger partial charge on any atom is 0.347 e. The zero-order chi connectivity index (χ0) is 21.7. The molecular weight excluding hydrogens is 408 g/mol. The van der Waals surface area contributed by atoms with Crippen molar-refractivity contribution < 1.29 is 24.2 Å². The van der Waals surface area contributed by atoms with Crippen molar-refractivity contribution >= 4 is 35.5 Å². The molecule has 0 bridgehead atoms. The molecule has 5 nitrogen and oxygen atoms in total. The van der Waals surface area contributed by atoms with Gasteiger partial charge >= 0.3 is 11.9 Å². The summed E-state index contributed by atoms with van der Waals surface area (Å²) < 4.78 is 10.6. The minimum atomic E-state index is -1.19. The highest BCUT2D eigenvalue weighted by Crippen LogP contribution is 2.12. The Hall–Kier alpha value is -0.400. The van der Waals surface area contributed by atoms with Gasteiger partial charge in [-0.25, -0.2) is 9.59 Å². The molecule has 0 rings (SSSR count). The lowest BCUT2D eigenvalue weighted by Crippen LogP contribution is -2.34. The molecule has 2 atom stereocenters. The lowest BCUT2D eigenvalue weighted by atomic mass is 10.1. The van der Waals surface area contributed by atoms with Gasteiger partial charge in [-0.05, 0) is 36.9 Å². The van der Waals surface area contributed by atoms with Gasteiger partial charge in [0.1, 0.15) is 0 Å². The van der Waals surface area contributed by atoms with E-state index in [1.54, 1.807) is 23.5 Å². The Morgan fingerprint density at radius 3 is 1.86 bits per heavy atom. The smallest absolute Gasteiger partial charge is 0.347 e. The van der Waals surface area contributed by atoms with Crippen LogP contribution in [0.5, 0.6) is 0 Å². The molecular formula is C22H42O5S2. The van der Waals surface area contributed by atoms with Gasteiger partial charge in [-0.2, -0.15) is 23.5 Å². The van der Waals surface area contributed by atoms with Crippen molar-refractivity contribution in [2.75, 3.05) is 30.6 Å². The van der Waals surface area contributed by atoms with E-state index >= 15 is 0 Å². The first kappa shape index (κ1) is 28.6. The van der Waals surface area contributed by atoms with Crippen molar-refractivity contribution in [3.05, 3.63) is 0 Å². The summed E-state index contributed by atoms with van der Waals surface area (Å²) >= 11 is 3.13. The highest BCUT2D eigenvalue weighted by molar-refractivity contribution is 7.98. The molecule has 0 heterocycles. The number of rotatable bonds is 20. The van der Waals surface area contributed by atoms with Gasteiger partial charge in [0.25, 0.3) is 0 Å². The predicted molar refractivity (Wildman–Crippen MR) is 125 cm³/mol. The third kappa shape index (κ3) is 17.0. The molecule has 0 aromatic heterocycles. The Labute approximate surface area is 186 Å². The molecule has 7 heteroatoms. The van der Waals surface area contributed by atoms with Crippen molar-refractivity contribution in [1.29, 1.82) is 0 Å². The molecule has 0 aromatic rings. The summed E-state index contributed by atoms with van der Waals surface area (Å²) in [5.74, 6) is 0.114. The van der Waals surface area contributed by atoms with Crippen LogP contribution in [0.4, 0.5) is 0 Å². The summed E-state index contributed by atoms with van der Waals surface area (Å²) in [4.78, 5) is 24.3. The maximum absolute atomic E-state index is 12.3. The van der Waals surface area contributed by atoms with Crippen LogP contribution in [0.25, 0.3) is 0 Å². The molecule has 172 valence electrons. The Balaban J connectivity index is 3.98. The largest absolute Gasteiger partial charge is 0.463 e. The Morgan fingerprint density at radius 2 is 1.31 bits per heavy atom. The molecule has 2 unspecified atom stereocenters. The van der Waals surface area contributed by atoms with Gasteiger partial charge < -0.3 is 14.6 Å². The van der Waals surface area contributed by atoms with E-state index in [4.69, 9.17) is 9.47 Å². The van der Waals surface area contributed by atoms with Gasteiger partial charge in [-0.15, -0.1) is 0 Å². The fourth-order valence-electron chi connectivity index (χ4n) is 2.87. The number of hydrogen-bond donors (Lipinski definition) is 1. The van der Waals surface area contributed by atoms with Crippen molar-refractivity contribution in [3.63, 3.8) is 0 Å². The molecule has 0 spiro atoms. The van der Waals surface area contributed by atoms with E-state index in [1.807, 2.05) is 12.5 Å². The lowest BCUT2D eigenvalue weighted by molar-refractivity contribution is -0.173. The fourth-order valence-corrected chi connectivity index (χ4v) is 3.78. The number of thioether (sulfide) groups is 2. The average Bonchev–Trinajstić information content (AvgIpc) is 2.72. The third-order valence-electron chi connectivity index (χ3n) is 4.72. The lowest BCUT2D eigenvalue weighted by Gasteiger charge is -2.18. The second-order valence-electron chi connectivity index (χ2n) is 7.35. The summed E-state index contributed by atoms with van der Waals surface area (Å²) in [6.45, 7) is 2.59. The molecule has 0 aliphatic heterocycles. The van der Waals surface area contributed by atoms with E-state index in [0.717, 1.165) is 19.3 Å². The first-order valence-electron chi connectivity index (χ1n) is 11.1. The van der Waals surface area contributed by atoms with Crippen molar-refractivity contribution in [1.82, 2.24) is 0 Å². The van der Waals surface area contributed by atoms with E-state index in [2.05, 4.69) is 6.92 Å². The highest BCUT2D eigenvalue weighted by atomic mass is 32.2. The normalized spacial score (nSPS) is 13.1. The van der Waals surface area contributed by atoms with Gasteiger partial charge in [-0.1, -0.05) is 64.7 Å². The van der Waals surface area contributed by atoms with E-state index < -0.39 is 24.1 Å². The molecule has 0 saturated heterocycles. The van der Waals surface area contributed by atoms with Crippen molar-refractivity contribution in [2.45, 2.75) is 96.2 Å². The highest BCUT2D eigenvalue weighted by Gasteiger charge is 2.27. The number of unbranched alkanes of at least 4 members (excludes halogenated alkanes) is 9. The van der Waals surface area contributed by atoms with E-state index in [9.17, 15) is 14.7 Å². The Bertz CT molecular complexity index is 407.